The van der Waals surface area contributed by atoms with Gasteiger partial charge in [0, 0.05) is 50.1 Å². The van der Waals surface area contributed by atoms with Gasteiger partial charge in [-0.3, -0.25) is 28.0 Å². The fourth-order valence-corrected chi connectivity index (χ4v) is 10.8. The zero-order chi connectivity index (χ0) is 53.1. The van der Waals surface area contributed by atoms with Crippen LogP contribution in [0.4, 0.5) is 5.82 Å². The highest BCUT2D eigenvalue weighted by Gasteiger charge is 2.45. The summed E-state index contributed by atoms with van der Waals surface area (Å²) in [5.41, 5.74) is 4.66. The summed E-state index contributed by atoms with van der Waals surface area (Å²) in [7, 11) is -11.4. The molecule has 22 nitrogen and oxygen atoms in total. The molecule has 2 fully saturated rings. The Balaban J connectivity index is 1.83. The number of aromatic nitrogens is 2. The second kappa shape index (κ2) is 33.9. The predicted molar refractivity (Wildman–Crippen MR) is 264 cm³/mol. The average molecular weight is 1070 g/mol. The van der Waals surface area contributed by atoms with Gasteiger partial charge in [-0.2, -0.15) is 9.29 Å². The number of nitrogens with zero attached hydrogens (tertiary/aromatic N) is 2. The first-order valence-corrected chi connectivity index (χ1v) is 28.9. The number of phosphoric acid groups is 2. The van der Waals surface area contributed by atoms with E-state index >= 15 is 0 Å². The number of hydrogen-bond acceptors (Lipinski definition) is 19. The molecule has 0 radical (unpaired) electrons. The van der Waals surface area contributed by atoms with Crippen molar-refractivity contribution in [3.8, 4) is 0 Å². The number of anilines is 1. The number of carbonyl (C=O) groups excluding carboxylic acids is 3. The van der Waals surface area contributed by atoms with Gasteiger partial charge in [0.15, 0.2) is 6.10 Å². The van der Waals surface area contributed by atoms with E-state index in [1.807, 2.05) is 6.92 Å². The minimum absolute atomic E-state index is 0.0583. The Bertz CT molecular complexity index is 1940. The Kier molecular flexibility index (Phi) is 29.8. The molecule has 12 atom stereocenters. The summed E-state index contributed by atoms with van der Waals surface area (Å²) in [5, 5.41) is 57.4. The number of ketones is 1. The second-order valence-electron chi connectivity index (χ2n) is 19.0. The van der Waals surface area contributed by atoms with Crippen molar-refractivity contribution < 1.29 is 86.4 Å². The van der Waals surface area contributed by atoms with Gasteiger partial charge in [-0.15, -0.1) is 0 Å². The summed E-state index contributed by atoms with van der Waals surface area (Å²) in [4.78, 5) is 77.8. The van der Waals surface area contributed by atoms with Gasteiger partial charge >= 0.3 is 33.3 Å². The van der Waals surface area contributed by atoms with E-state index in [1.54, 1.807) is 0 Å². The maximum absolute atomic E-state index is 13.7. The molecule has 2 aliphatic heterocycles. The lowest BCUT2D eigenvalue weighted by molar-refractivity contribution is -0.196. The van der Waals surface area contributed by atoms with Crippen LogP contribution < -0.4 is 11.4 Å². The summed E-state index contributed by atoms with van der Waals surface area (Å²) in [5.74, 6) is -5.15. The van der Waals surface area contributed by atoms with Crippen LogP contribution in [0.3, 0.4) is 0 Å². The van der Waals surface area contributed by atoms with Gasteiger partial charge in [-0.25, -0.2) is 13.9 Å². The molecule has 0 spiro atoms. The maximum atomic E-state index is 13.7. The molecule has 2 bridgehead atoms. The molecule has 2 saturated heterocycles. The Morgan fingerprint density at radius 1 is 0.833 bits per heavy atom. The number of esters is 2. The van der Waals surface area contributed by atoms with E-state index in [9.17, 15) is 63.6 Å². The highest BCUT2D eigenvalue weighted by Crippen LogP contribution is 2.60. The first-order valence-electron chi connectivity index (χ1n) is 25.9. The lowest BCUT2D eigenvalue weighted by atomic mass is 9.82. The van der Waals surface area contributed by atoms with Gasteiger partial charge < -0.3 is 55.3 Å². The molecular formula is C48H83N3O19P2. The van der Waals surface area contributed by atoms with Gasteiger partial charge in [0.1, 0.15) is 36.6 Å². The normalized spacial score (nSPS) is 30.4. The van der Waals surface area contributed by atoms with Crippen molar-refractivity contribution in [3.63, 3.8) is 0 Å². The topological polar surface area (TPSA) is 343 Å². The fraction of sp³-hybridized carbons (Fsp3) is 0.812. The summed E-state index contributed by atoms with van der Waals surface area (Å²) in [6.45, 7) is 1.32. The summed E-state index contributed by atoms with van der Waals surface area (Å²) in [6, 6.07) is 1.18. The number of phosphoric ester groups is 2. The van der Waals surface area contributed by atoms with Crippen LogP contribution in [0.25, 0.3) is 0 Å². The van der Waals surface area contributed by atoms with Gasteiger partial charge in [-0.1, -0.05) is 122 Å². The Hall–Kier alpha value is -2.95. The first-order chi connectivity index (χ1) is 34.3. The molecule has 9 N–H and O–H groups in total. The quantitative estimate of drug-likeness (QED) is 0.0269. The van der Waals surface area contributed by atoms with Crippen molar-refractivity contribution >= 4 is 39.2 Å². The molecule has 0 aliphatic carbocycles. The molecule has 0 saturated carbocycles. The number of aliphatic hydroxyl groups is 5. The number of Topliss-reactive ketones (excluding diaryl/α,β-unsaturated/α-hetero) is 1. The first kappa shape index (κ1) is 63.3. The number of rotatable bonds is 23. The number of hydrogen-bond donors (Lipinski definition) is 8. The van der Waals surface area contributed by atoms with Gasteiger partial charge in [0.25, 0.3) is 0 Å². The van der Waals surface area contributed by atoms with Crippen molar-refractivity contribution in [1.29, 1.82) is 0 Å². The molecule has 24 heteroatoms. The van der Waals surface area contributed by atoms with E-state index in [0.29, 0.717) is 19.3 Å². The lowest BCUT2D eigenvalue weighted by Crippen LogP contribution is -2.52. The van der Waals surface area contributed by atoms with E-state index in [0.717, 1.165) is 49.3 Å². The molecule has 3 rings (SSSR count). The molecule has 0 amide bonds. The molecule has 2 aliphatic rings. The van der Waals surface area contributed by atoms with Crippen LogP contribution in [0.5, 0.6) is 0 Å². The van der Waals surface area contributed by atoms with Crippen LogP contribution in [0.1, 0.15) is 174 Å². The Labute approximate surface area is 423 Å². The molecule has 3 heterocycles. The monoisotopic (exact) mass is 1070 g/mol. The van der Waals surface area contributed by atoms with Crippen LogP contribution in [0, 0.1) is 11.8 Å². The van der Waals surface area contributed by atoms with Gasteiger partial charge in [-0.05, 0) is 31.7 Å². The van der Waals surface area contributed by atoms with Crippen molar-refractivity contribution in [1.82, 2.24) is 9.55 Å². The number of unbranched alkanes of at least 4 members (excludes halogenated alkanes) is 14. The minimum Gasteiger partial charge on any atom is -0.462 e. The third kappa shape index (κ3) is 24.6. The number of aliphatic hydroxyl groups excluding tert-OH is 5. The van der Waals surface area contributed by atoms with Crippen LogP contribution in [-0.2, 0) is 51.1 Å². The van der Waals surface area contributed by atoms with E-state index in [4.69, 9.17) is 29.0 Å². The van der Waals surface area contributed by atoms with Crippen molar-refractivity contribution in [3.05, 3.63) is 34.9 Å². The number of ether oxygens (including phenoxy) is 3. The number of fused-ring (bicyclic) bond motifs is 3. The number of cyclic esters (lactones) is 1. The third-order valence-corrected chi connectivity index (χ3v) is 15.4. The second-order valence-corrected chi connectivity index (χ2v) is 22.0. The average Bonchev–Trinajstić information content (AvgIpc) is 3.31. The van der Waals surface area contributed by atoms with Crippen molar-refractivity contribution in [2.24, 2.45) is 11.8 Å². The smallest absolute Gasteiger partial charge is 0.462 e. The largest absolute Gasteiger partial charge is 0.481 e. The van der Waals surface area contributed by atoms with E-state index in [2.05, 4.69) is 16.2 Å². The number of carbonyl (C=O) groups is 3. The van der Waals surface area contributed by atoms with Crippen LogP contribution in [-0.4, -0.2) is 125 Å². The van der Waals surface area contributed by atoms with Crippen LogP contribution in [0.2, 0.25) is 0 Å². The molecule has 1 aromatic rings. The van der Waals surface area contributed by atoms with Crippen molar-refractivity contribution in [2.45, 2.75) is 217 Å². The zero-order valence-corrected chi connectivity index (χ0v) is 43.9. The van der Waals surface area contributed by atoms with E-state index < -0.39 is 133 Å². The number of nitrogens with two attached hydrogens (primary N) is 1. The number of nitrogen functional groups attached to an aromatic ring is 1. The summed E-state index contributed by atoms with van der Waals surface area (Å²) < 4.78 is 58.6. The maximum Gasteiger partial charge on any atom is 0.481 e. The highest BCUT2D eigenvalue weighted by molar-refractivity contribution is 7.61. The molecule has 2 unspecified atom stereocenters. The van der Waals surface area contributed by atoms with Crippen LogP contribution in [0.15, 0.2) is 29.2 Å². The van der Waals surface area contributed by atoms with Crippen LogP contribution >= 0.6 is 15.6 Å². The summed E-state index contributed by atoms with van der Waals surface area (Å²) in [6.07, 6.45) is 5.38. The fourth-order valence-electron chi connectivity index (χ4n) is 8.65. The Morgan fingerprint density at radius 3 is 2.04 bits per heavy atom. The molecule has 72 heavy (non-hydrogen) atoms. The lowest BCUT2D eigenvalue weighted by Gasteiger charge is -2.40. The minimum atomic E-state index is -5.75. The van der Waals surface area contributed by atoms with E-state index in [1.165, 1.54) is 69.6 Å². The SMILES string of the molecule is CCCCCCCCCCCCCCCC(=O)OC[C@@H]1COP(=O)(O)OP(=O)(O)OC[C@H]2O[C@@H](n3ccc(N)nc3=O)[C@@H](CC(=O)CCCCC(=O)O1)[C@@H](O)C[C@@H](O)[C@H](C=C[C@@H](O)CCCCC)[C@H](O)[C@@H]2O. The Morgan fingerprint density at radius 2 is 1.42 bits per heavy atom. The molecule has 1 aromatic heterocycles. The molecule has 414 valence electrons. The molecular weight excluding hydrogens is 984 g/mol. The third-order valence-electron chi connectivity index (χ3n) is 12.8. The predicted octanol–water partition coefficient (Wildman–Crippen LogP) is 6.01. The standard InChI is InChI=1S/C48H83N3O19P2/c1-3-5-7-8-9-10-11-12-13-14-15-16-18-23-43(56)65-31-36-32-66-71(61,62)70-72(63,64)67-33-41-46(59)45(58)37(26-25-34(52)21-17-6-4-2)39(54)30-40(55)38(29-35(53)22-19-20-24-44(57)68-36)47(69-41)51-28-27-42(49)50-48(51)60/h25-28,34,36-41,45-47,52,54-55,58-59H,3-24,29-33H2,1-2H3,(H,61,62)(H,63,64)(H2,49,50,60)/t34-,36+,37-,38-,39+,40-,41+,45-,46+,47+/m0/s1. The van der Waals surface area contributed by atoms with Gasteiger partial charge in [0.05, 0.1) is 37.6 Å². The van der Waals surface area contributed by atoms with Crippen molar-refractivity contribution in [2.75, 3.05) is 25.6 Å². The molecule has 0 aromatic carbocycles. The zero-order valence-electron chi connectivity index (χ0n) is 42.1. The summed E-state index contributed by atoms with van der Waals surface area (Å²) >= 11 is 0. The van der Waals surface area contributed by atoms with Gasteiger partial charge in [0.2, 0.25) is 0 Å². The van der Waals surface area contributed by atoms with E-state index in [-0.39, 0.29) is 37.9 Å². The highest BCUT2D eigenvalue weighted by atomic mass is 31.3.